The van der Waals surface area contributed by atoms with Gasteiger partial charge in [-0.3, -0.25) is 14.5 Å². The summed E-state index contributed by atoms with van der Waals surface area (Å²) in [6.07, 6.45) is 0.988. The summed E-state index contributed by atoms with van der Waals surface area (Å²) < 4.78 is 6.63. The number of morpholine rings is 1. The van der Waals surface area contributed by atoms with Crippen LogP contribution in [0.1, 0.15) is 16.9 Å². The topological polar surface area (TPSA) is 67.7 Å². The van der Waals surface area contributed by atoms with E-state index in [4.69, 9.17) is 4.74 Å². The van der Waals surface area contributed by atoms with Gasteiger partial charge in [-0.15, -0.1) is 0 Å². The number of hydrogen-bond donors (Lipinski definition) is 0. The van der Waals surface area contributed by atoms with Crippen molar-refractivity contribution in [3.63, 3.8) is 0 Å². The Morgan fingerprint density at radius 2 is 2.12 bits per heavy atom. The Morgan fingerprint density at radius 1 is 1.33 bits per heavy atom. The van der Waals surface area contributed by atoms with Gasteiger partial charge in [-0.2, -0.15) is 16.9 Å². The third-order valence-electron chi connectivity index (χ3n) is 4.45. The highest BCUT2D eigenvalue weighted by Gasteiger charge is 2.29. The van der Waals surface area contributed by atoms with Crippen LogP contribution in [0.2, 0.25) is 0 Å². The summed E-state index contributed by atoms with van der Waals surface area (Å²) in [5, 5.41) is 4.13. The first-order valence-electron chi connectivity index (χ1n) is 8.38. The molecule has 2 aliphatic rings. The van der Waals surface area contributed by atoms with Crippen LogP contribution in [0.3, 0.4) is 0 Å². The van der Waals surface area contributed by atoms with Gasteiger partial charge in [0.15, 0.2) is 0 Å². The van der Waals surface area contributed by atoms with Crippen molar-refractivity contribution in [1.82, 2.24) is 19.6 Å². The standard InChI is InChI=1S/C16H24N4O3S/c1-18-15(21)4-3-14(17-18)16(22)20-5-2-10-24-12-13(20)11-19-6-8-23-9-7-19/h3-4,13H,2,5-12H2,1H3/t13-/m0/s1. The number of hydrogen-bond acceptors (Lipinski definition) is 6. The van der Waals surface area contributed by atoms with Crippen LogP contribution in [0.4, 0.5) is 0 Å². The van der Waals surface area contributed by atoms with Crippen LogP contribution in [0, 0.1) is 0 Å². The van der Waals surface area contributed by atoms with Crippen molar-refractivity contribution in [2.24, 2.45) is 7.05 Å². The van der Waals surface area contributed by atoms with Gasteiger partial charge >= 0.3 is 0 Å². The Kier molecular flexibility index (Phi) is 5.91. The zero-order valence-electron chi connectivity index (χ0n) is 14.0. The molecule has 3 heterocycles. The van der Waals surface area contributed by atoms with E-state index >= 15 is 0 Å². The molecule has 7 nitrogen and oxygen atoms in total. The quantitative estimate of drug-likeness (QED) is 0.766. The highest BCUT2D eigenvalue weighted by Crippen LogP contribution is 2.19. The Bertz CT molecular complexity index is 630. The first kappa shape index (κ1) is 17.4. The maximum atomic E-state index is 13.0. The first-order chi connectivity index (χ1) is 11.6. The lowest BCUT2D eigenvalue weighted by atomic mass is 10.2. The molecule has 0 saturated carbocycles. The van der Waals surface area contributed by atoms with E-state index in [-0.39, 0.29) is 17.5 Å². The molecule has 0 unspecified atom stereocenters. The molecule has 3 rings (SSSR count). The van der Waals surface area contributed by atoms with Gasteiger partial charge in [-0.05, 0) is 18.2 Å². The monoisotopic (exact) mass is 352 g/mol. The second kappa shape index (κ2) is 8.13. The van der Waals surface area contributed by atoms with E-state index in [0.717, 1.165) is 57.3 Å². The lowest BCUT2D eigenvalue weighted by Gasteiger charge is -2.35. The molecule has 2 fully saturated rings. The number of aromatic nitrogens is 2. The highest BCUT2D eigenvalue weighted by atomic mass is 32.2. The lowest BCUT2D eigenvalue weighted by molar-refractivity contribution is 0.0243. The fourth-order valence-corrected chi connectivity index (χ4v) is 4.15. The van der Waals surface area contributed by atoms with Crippen LogP contribution in [0.5, 0.6) is 0 Å². The molecule has 0 spiro atoms. The molecule has 1 aromatic rings. The van der Waals surface area contributed by atoms with Crippen molar-refractivity contribution < 1.29 is 9.53 Å². The van der Waals surface area contributed by atoms with Crippen molar-refractivity contribution in [2.75, 3.05) is 50.9 Å². The van der Waals surface area contributed by atoms with Gasteiger partial charge in [-0.25, -0.2) is 4.68 Å². The van der Waals surface area contributed by atoms with Crippen molar-refractivity contribution in [3.05, 3.63) is 28.2 Å². The molecule has 132 valence electrons. The molecule has 0 aromatic carbocycles. The van der Waals surface area contributed by atoms with Gasteiger partial charge in [0.25, 0.3) is 11.5 Å². The molecular formula is C16H24N4O3S. The minimum absolute atomic E-state index is 0.0774. The smallest absolute Gasteiger partial charge is 0.274 e. The molecule has 1 aromatic heterocycles. The molecule has 8 heteroatoms. The van der Waals surface area contributed by atoms with Gasteiger partial charge in [0.05, 0.1) is 19.3 Å². The van der Waals surface area contributed by atoms with E-state index in [9.17, 15) is 9.59 Å². The summed E-state index contributed by atoms with van der Waals surface area (Å²) in [6, 6.07) is 3.11. The van der Waals surface area contributed by atoms with Crippen LogP contribution in [-0.4, -0.2) is 82.4 Å². The molecule has 0 bridgehead atoms. The second-order valence-corrected chi connectivity index (χ2v) is 7.32. The summed E-state index contributed by atoms with van der Waals surface area (Å²) in [4.78, 5) is 28.8. The molecule has 0 N–H and O–H groups in total. The normalized spacial score (nSPS) is 23.0. The maximum absolute atomic E-state index is 13.0. The summed E-state index contributed by atoms with van der Waals surface area (Å²) in [5.74, 6) is 1.94. The van der Waals surface area contributed by atoms with E-state index < -0.39 is 0 Å². The van der Waals surface area contributed by atoms with E-state index in [1.54, 1.807) is 7.05 Å². The Morgan fingerprint density at radius 3 is 2.88 bits per heavy atom. The molecular weight excluding hydrogens is 328 g/mol. The number of thioether (sulfide) groups is 1. The molecule has 24 heavy (non-hydrogen) atoms. The van der Waals surface area contributed by atoms with Gasteiger partial charge in [-0.1, -0.05) is 0 Å². The third kappa shape index (κ3) is 4.17. The van der Waals surface area contributed by atoms with Gasteiger partial charge in [0.2, 0.25) is 0 Å². The highest BCUT2D eigenvalue weighted by molar-refractivity contribution is 7.99. The maximum Gasteiger partial charge on any atom is 0.274 e. The number of ether oxygens (including phenoxy) is 1. The summed E-state index contributed by atoms with van der Waals surface area (Å²) >= 11 is 1.91. The molecule has 2 saturated heterocycles. The van der Waals surface area contributed by atoms with Crippen LogP contribution in [0.25, 0.3) is 0 Å². The van der Waals surface area contributed by atoms with E-state index in [1.165, 1.54) is 16.8 Å². The first-order valence-corrected chi connectivity index (χ1v) is 9.54. The van der Waals surface area contributed by atoms with Gasteiger partial charge in [0.1, 0.15) is 5.69 Å². The van der Waals surface area contributed by atoms with E-state index in [0.29, 0.717) is 5.69 Å². The number of carbonyl (C=O) groups is 1. The van der Waals surface area contributed by atoms with Crippen LogP contribution >= 0.6 is 11.8 Å². The predicted molar refractivity (Wildman–Crippen MR) is 93.5 cm³/mol. The largest absolute Gasteiger partial charge is 0.379 e. The molecule has 1 atom stereocenters. The summed E-state index contributed by atoms with van der Waals surface area (Å²) in [6.45, 7) is 4.97. The van der Waals surface area contributed by atoms with Gasteiger partial charge < -0.3 is 9.64 Å². The van der Waals surface area contributed by atoms with E-state index in [1.807, 2.05) is 16.7 Å². The number of amides is 1. The number of rotatable bonds is 3. The van der Waals surface area contributed by atoms with Crippen molar-refractivity contribution in [2.45, 2.75) is 12.5 Å². The van der Waals surface area contributed by atoms with Crippen molar-refractivity contribution in [3.8, 4) is 0 Å². The van der Waals surface area contributed by atoms with E-state index in [2.05, 4.69) is 10.00 Å². The summed E-state index contributed by atoms with van der Waals surface area (Å²) in [5.41, 5.74) is 0.138. The Labute approximate surface area is 145 Å². The fourth-order valence-electron chi connectivity index (χ4n) is 3.09. The Balaban J connectivity index is 1.76. The third-order valence-corrected chi connectivity index (χ3v) is 5.65. The SMILES string of the molecule is Cn1nc(C(=O)N2CCCSC[C@@H]2CN2CCOCC2)ccc1=O. The molecule has 0 radical (unpaired) electrons. The molecule has 1 amide bonds. The number of aryl methyl sites for hydroxylation is 1. The number of carbonyl (C=O) groups excluding carboxylic acids is 1. The minimum atomic E-state index is -0.206. The van der Waals surface area contributed by atoms with Crippen molar-refractivity contribution in [1.29, 1.82) is 0 Å². The van der Waals surface area contributed by atoms with Crippen LogP contribution < -0.4 is 5.56 Å². The van der Waals surface area contributed by atoms with Crippen molar-refractivity contribution >= 4 is 17.7 Å². The predicted octanol–water partition coefficient (Wildman–Crippen LogP) is 0.0602. The van der Waals surface area contributed by atoms with Crippen LogP contribution in [-0.2, 0) is 11.8 Å². The van der Waals surface area contributed by atoms with Gasteiger partial charge in [0, 0.05) is 45.0 Å². The fraction of sp³-hybridized carbons (Fsp3) is 0.688. The zero-order chi connectivity index (χ0) is 16.9. The molecule has 2 aliphatic heterocycles. The van der Waals surface area contributed by atoms with Crippen LogP contribution in [0.15, 0.2) is 16.9 Å². The minimum Gasteiger partial charge on any atom is -0.379 e. The lowest BCUT2D eigenvalue weighted by Crippen LogP contribution is -2.50. The average molecular weight is 352 g/mol. The Hall–Kier alpha value is -1.38. The summed E-state index contributed by atoms with van der Waals surface area (Å²) in [7, 11) is 1.57. The average Bonchev–Trinajstić information content (AvgIpc) is 2.83. The number of nitrogens with zero attached hydrogens (tertiary/aromatic N) is 4. The zero-order valence-corrected chi connectivity index (χ0v) is 14.8. The second-order valence-electron chi connectivity index (χ2n) is 6.17. The molecule has 0 aliphatic carbocycles.